The van der Waals surface area contributed by atoms with Gasteiger partial charge in [-0.05, 0) is 38.5 Å². The molecule has 1 saturated heterocycles. The fourth-order valence-electron chi connectivity index (χ4n) is 3.27. The maximum absolute atomic E-state index is 5.68. The summed E-state index contributed by atoms with van der Waals surface area (Å²) in [5, 5.41) is 0. The summed E-state index contributed by atoms with van der Waals surface area (Å²) in [6.07, 6.45) is 1.28. The maximum Gasteiger partial charge on any atom is 0.161 e. The highest BCUT2D eigenvalue weighted by Gasteiger charge is 2.26. The molecule has 0 bridgehead atoms. The predicted molar refractivity (Wildman–Crippen MR) is 89.0 cm³/mol. The van der Waals surface area contributed by atoms with Crippen LogP contribution in [0, 0.1) is 0 Å². The Balaban J connectivity index is 1.93. The van der Waals surface area contributed by atoms with Crippen molar-refractivity contribution in [1.82, 2.24) is 0 Å². The van der Waals surface area contributed by atoms with Crippen LogP contribution in [0.2, 0.25) is 0 Å². The van der Waals surface area contributed by atoms with Crippen LogP contribution in [0.25, 0.3) is 0 Å². The summed E-state index contributed by atoms with van der Waals surface area (Å²) < 4.78 is 11.0. The number of ether oxygens (including phenoxy) is 2. The zero-order valence-corrected chi connectivity index (χ0v) is 14.6. The van der Waals surface area contributed by atoms with Gasteiger partial charge in [-0.15, -0.1) is 0 Å². The molecule has 2 N–H and O–H groups in total. The Bertz CT molecular complexity index is 456. The van der Waals surface area contributed by atoms with E-state index < -0.39 is 0 Å². The van der Waals surface area contributed by atoms with E-state index in [1.165, 1.54) is 38.2 Å². The largest absolute Gasteiger partial charge is 0.493 e. The van der Waals surface area contributed by atoms with Crippen molar-refractivity contribution < 1.29 is 19.3 Å². The van der Waals surface area contributed by atoms with E-state index in [0.29, 0.717) is 6.61 Å². The van der Waals surface area contributed by atoms with Crippen LogP contribution in [0.15, 0.2) is 18.2 Å². The lowest BCUT2D eigenvalue weighted by atomic mass is 10.1. The quantitative estimate of drug-likeness (QED) is 0.752. The summed E-state index contributed by atoms with van der Waals surface area (Å²) in [4.78, 5) is 3.45. The van der Waals surface area contributed by atoms with Gasteiger partial charge in [-0.3, -0.25) is 0 Å². The van der Waals surface area contributed by atoms with Crippen LogP contribution in [0.5, 0.6) is 11.5 Å². The van der Waals surface area contributed by atoms with Crippen molar-refractivity contribution in [3.63, 3.8) is 0 Å². The molecule has 0 spiro atoms. The van der Waals surface area contributed by atoms with E-state index in [2.05, 4.69) is 26.0 Å². The van der Waals surface area contributed by atoms with Crippen molar-refractivity contribution in [2.45, 2.75) is 39.8 Å². The first-order valence-corrected chi connectivity index (χ1v) is 8.65. The Kier molecular flexibility index (Phi) is 6.52. The van der Waals surface area contributed by atoms with Gasteiger partial charge in [-0.2, -0.15) is 0 Å². The number of hydrogen-bond donors (Lipinski definition) is 2. The molecule has 22 heavy (non-hydrogen) atoms. The minimum Gasteiger partial charge on any atom is -0.493 e. The molecule has 1 atom stereocenters. The standard InChI is InChI=1S/C18H30N2O2/c1-5-15(3)20-11-9-19(10-12-20)14-16-7-8-17(21-4)18(13-16)22-6-2/h7-8,13,15H,5-6,9-12,14H2,1-4H3/p+2. The van der Waals surface area contributed by atoms with Gasteiger partial charge in [0.15, 0.2) is 11.5 Å². The highest BCUT2D eigenvalue weighted by molar-refractivity contribution is 5.42. The molecule has 4 nitrogen and oxygen atoms in total. The molecular formula is C18H32N2O2+2. The van der Waals surface area contributed by atoms with E-state index in [1.807, 2.05) is 13.0 Å². The van der Waals surface area contributed by atoms with Crippen molar-refractivity contribution in [2.24, 2.45) is 0 Å². The highest BCUT2D eigenvalue weighted by Crippen LogP contribution is 2.27. The zero-order chi connectivity index (χ0) is 15.9. The fourth-order valence-corrected chi connectivity index (χ4v) is 3.27. The van der Waals surface area contributed by atoms with Crippen molar-refractivity contribution in [3.05, 3.63) is 23.8 Å². The molecule has 0 amide bonds. The number of benzene rings is 1. The Hall–Kier alpha value is -1.26. The summed E-state index contributed by atoms with van der Waals surface area (Å²) >= 11 is 0. The van der Waals surface area contributed by atoms with Gasteiger partial charge in [-0.1, -0.05) is 6.92 Å². The SMILES string of the molecule is CCOc1cc(C[NH+]2CC[NH+](C(C)CC)CC2)ccc1OC. The van der Waals surface area contributed by atoms with E-state index in [9.17, 15) is 0 Å². The third kappa shape index (κ3) is 4.37. The van der Waals surface area contributed by atoms with Crippen LogP contribution >= 0.6 is 0 Å². The second kappa shape index (κ2) is 8.39. The average molecular weight is 308 g/mol. The van der Waals surface area contributed by atoms with Crippen molar-refractivity contribution in [3.8, 4) is 11.5 Å². The van der Waals surface area contributed by atoms with Crippen LogP contribution in [0.1, 0.15) is 32.8 Å². The van der Waals surface area contributed by atoms with Crippen LogP contribution in [-0.4, -0.2) is 45.9 Å². The van der Waals surface area contributed by atoms with Crippen LogP contribution < -0.4 is 19.3 Å². The van der Waals surface area contributed by atoms with Gasteiger partial charge < -0.3 is 19.3 Å². The topological polar surface area (TPSA) is 27.3 Å². The van der Waals surface area contributed by atoms with E-state index >= 15 is 0 Å². The summed E-state index contributed by atoms with van der Waals surface area (Å²) in [7, 11) is 1.69. The molecule has 0 saturated carbocycles. The van der Waals surface area contributed by atoms with Crippen molar-refractivity contribution in [2.75, 3.05) is 39.9 Å². The maximum atomic E-state index is 5.68. The molecule has 0 aliphatic carbocycles. The minimum atomic E-state index is 0.670. The first-order valence-electron chi connectivity index (χ1n) is 8.65. The van der Waals surface area contributed by atoms with Gasteiger partial charge in [0.2, 0.25) is 0 Å². The van der Waals surface area contributed by atoms with Gasteiger partial charge in [-0.25, -0.2) is 0 Å². The highest BCUT2D eigenvalue weighted by atomic mass is 16.5. The Morgan fingerprint density at radius 1 is 1.09 bits per heavy atom. The first kappa shape index (κ1) is 17.1. The molecule has 1 aromatic rings. The number of hydrogen-bond acceptors (Lipinski definition) is 2. The summed E-state index contributed by atoms with van der Waals surface area (Å²) in [6, 6.07) is 7.14. The molecule has 2 rings (SSSR count). The molecule has 4 heteroatoms. The molecule has 124 valence electrons. The molecule has 1 aliphatic rings. The smallest absolute Gasteiger partial charge is 0.161 e. The van der Waals surface area contributed by atoms with E-state index in [-0.39, 0.29) is 0 Å². The monoisotopic (exact) mass is 308 g/mol. The minimum absolute atomic E-state index is 0.670. The number of quaternary nitrogens is 2. The van der Waals surface area contributed by atoms with E-state index in [4.69, 9.17) is 9.47 Å². The number of methoxy groups -OCH3 is 1. The van der Waals surface area contributed by atoms with E-state index in [0.717, 1.165) is 24.1 Å². The Morgan fingerprint density at radius 2 is 1.82 bits per heavy atom. The second-order valence-corrected chi connectivity index (χ2v) is 6.31. The van der Waals surface area contributed by atoms with Gasteiger partial charge in [0.05, 0.1) is 19.8 Å². The molecule has 1 aliphatic heterocycles. The molecular weight excluding hydrogens is 276 g/mol. The number of nitrogens with one attached hydrogen (secondary N) is 2. The fraction of sp³-hybridized carbons (Fsp3) is 0.667. The van der Waals surface area contributed by atoms with Crippen molar-refractivity contribution >= 4 is 0 Å². The molecule has 1 fully saturated rings. The number of rotatable bonds is 7. The lowest BCUT2D eigenvalue weighted by Crippen LogP contribution is -3.29. The third-order valence-electron chi connectivity index (χ3n) is 4.89. The zero-order valence-electron chi connectivity index (χ0n) is 14.6. The molecule has 0 radical (unpaired) electrons. The Labute approximate surface area is 135 Å². The average Bonchev–Trinajstić information content (AvgIpc) is 2.55. The van der Waals surface area contributed by atoms with Gasteiger partial charge in [0, 0.05) is 5.56 Å². The van der Waals surface area contributed by atoms with Gasteiger partial charge >= 0.3 is 0 Å². The lowest BCUT2D eigenvalue weighted by molar-refractivity contribution is -1.03. The van der Waals surface area contributed by atoms with Crippen LogP contribution in [0.3, 0.4) is 0 Å². The molecule has 1 unspecified atom stereocenters. The van der Waals surface area contributed by atoms with Gasteiger partial charge in [0.1, 0.15) is 32.7 Å². The number of piperazine rings is 1. The van der Waals surface area contributed by atoms with Crippen LogP contribution in [-0.2, 0) is 6.54 Å². The van der Waals surface area contributed by atoms with E-state index in [1.54, 1.807) is 16.9 Å². The summed E-state index contributed by atoms with van der Waals surface area (Å²) in [5.74, 6) is 1.69. The van der Waals surface area contributed by atoms with Crippen LogP contribution in [0.4, 0.5) is 0 Å². The summed E-state index contributed by atoms with van der Waals surface area (Å²) in [5.41, 5.74) is 1.34. The predicted octanol–water partition coefficient (Wildman–Crippen LogP) is 0.176. The molecule has 1 aromatic carbocycles. The molecule has 0 aromatic heterocycles. The Morgan fingerprint density at radius 3 is 2.41 bits per heavy atom. The summed E-state index contributed by atoms with van der Waals surface area (Å²) in [6.45, 7) is 13.5. The van der Waals surface area contributed by atoms with Gasteiger partial charge in [0.25, 0.3) is 0 Å². The van der Waals surface area contributed by atoms with Crippen molar-refractivity contribution in [1.29, 1.82) is 0 Å². The first-order chi connectivity index (χ1) is 10.7. The normalized spacial score (nSPS) is 23.1. The lowest BCUT2D eigenvalue weighted by Gasteiger charge is -2.33. The third-order valence-corrected chi connectivity index (χ3v) is 4.89. The molecule has 1 heterocycles. The second-order valence-electron chi connectivity index (χ2n) is 6.31.